The van der Waals surface area contributed by atoms with Gasteiger partial charge in [0.25, 0.3) is 0 Å². The van der Waals surface area contributed by atoms with Gasteiger partial charge in [0, 0.05) is 24.3 Å². The fraction of sp³-hybridized carbons (Fsp3) is 0.375. The lowest BCUT2D eigenvalue weighted by atomic mass is 10.2. The predicted molar refractivity (Wildman–Crippen MR) is 93.6 cm³/mol. The molecule has 1 rings (SSSR count). The summed E-state index contributed by atoms with van der Waals surface area (Å²) in [6, 6.07) is 7.50. The average molecular weight is 305 g/mol. The first-order chi connectivity index (χ1) is 10.2. The lowest BCUT2D eigenvalue weighted by molar-refractivity contribution is -0.116. The molecule has 1 aromatic carbocycles. The van der Waals surface area contributed by atoms with E-state index in [-0.39, 0.29) is 5.91 Å². The van der Waals surface area contributed by atoms with E-state index in [1.54, 1.807) is 6.08 Å². The highest BCUT2D eigenvalue weighted by Crippen LogP contribution is 2.15. The highest BCUT2D eigenvalue weighted by atomic mass is 32.1. The maximum atomic E-state index is 11.8. The van der Waals surface area contributed by atoms with E-state index in [1.165, 1.54) is 0 Å². The first kappa shape index (κ1) is 17.2. The summed E-state index contributed by atoms with van der Waals surface area (Å²) in [4.78, 5) is 11.8. The summed E-state index contributed by atoms with van der Waals surface area (Å²) in [6.45, 7) is 6.35. The maximum Gasteiger partial charge on any atom is 0.224 e. The molecule has 1 aromatic rings. The van der Waals surface area contributed by atoms with Crippen molar-refractivity contribution in [3.63, 3.8) is 0 Å². The topological polar surface area (TPSA) is 53.2 Å². The Hall–Kier alpha value is -1.88. The molecule has 0 heterocycles. The van der Waals surface area contributed by atoms with E-state index in [1.807, 2.05) is 24.3 Å². The Morgan fingerprint density at radius 3 is 2.67 bits per heavy atom. The van der Waals surface area contributed by atoms with Crippen LogP contribution in [0.5, 0.6) is 0 Å². The molecule has 0 saturated carbocycles. The molecule has 0 spiro atoms. The molecule has 0 radical (unpaired) electrons. The molecule has 0 aliphatic heterocycles. The highest BCUT2D eigenvalue weighted by Gasteiger charge is 2.03. The summed E-state index contributed by atoms with van der Waals surface area (Å²) in [5.41, 5.74) is 1.61. The molecule has 114 valence electrons. The van der Waals surface area contributed by atoms with Crippen LogP contribution in [0.15, 0.2) is 36.9 Å². The van der Waals surface area contributed by atoms with E-state index >= 15 is 0 Å². The third-order valence-corrected chi connectivity index (χ3v) is 3.06. The van der Waals surface area contributed by atoms with Crippen molar-refractivity contribution in [2.24, 2.45) is 0 Å². The number of benzene rings is 1. The largest absolute Gasteiger partial charge is 0.359 e. The van der Waals surface area contributed by atoms with E-state index in [2.05, 4.69) is 29.5 Å². The van der Waals surface area contributed by atoms with Crippen molar-refractivity contribution in [1.29, 1.82) is 0 Å². The van der Waals surface area contributed by atoms with Crippen LogP contribution in [-0.4, -0.2) is 17.6 Å². The second-order valence-electron chi connectivity index (χ2n) is 4.71. The molecule has 0 fully saturated rings. The predicted octanol–water partition coefficient (Wildman–Crippen LogP) is 3.68. The Balaban J connectivity index is 2.49. The van der Waals surface area contributed by atoms with Gasteiger partial charge in [-0.05, 0) is 36.8 Å². The van der Waals surface area contributed by atoms with E-state index in [9.17, 15) is 4.79 Å². The maximum absolute atomic E-state index is 11.8. The molecule has 0 aromatic heterocycles. The Morgan fingerprint density at radius 2 is 2.00 bits per heavy atom. The van der Waals surface area contributed by atoms with Crippen LogP contribution in [0.3, 0.4) is 0 Å². The van der Waals surface area contributed by atoms with E-state index in [0.29, 0.717) is 18.1 Å². The summed E-state index contributed by atoms with van der Waals surface area (Å²) in [5.74, 6) is 0.0490. The SMILES string of the molecule is C=CCNC(=S)Nc1cccc(NC(=O)CCCCC)c1. The summed E-state index contributed by atoms with van der Waals surface area (Å²) in [5, 5.41) is 9.48. The van der Waals surface area contributed by atoms with Crippen molar-refractivity contribution in [3.8, 4) is 0 Å². The van der Waals surface area contributed by atoms with Gasteiger partial charge >= 0.3 is 0 Å². The van der Waals surface area contributed by atoms with Crippen LogP contribution < -0.4 is 16.0 Å². The van der Waals surface area contributed by atoms with Crippen molar-refractivity contribution < 1.29 is 4.79 Å². The van der Waals surface area contributed by atoms with Crippen LogP contribution in [-0.2, 0) is 4.79 Å². The van der Waals surface area contributed by atoms with Crippen LogP contribution >= 0.6 is 12.2 Å². The lowest BCUT2D eigenvalue weighted by Gasteiger charge is -2.11. The van der Waals surface area contributed by atoms with Gasteiger partial charge in [0.05, 0.1) is 0 Å². The average Bonchev–Trinajstić information content (AvgIpc) is 2.45. The highest BCUT2D eigenvalue weighted by molar-refractivity contribution is 7.80. The molecule has 3 N–H and O–H groups in total. The molecule has 21 heavy (non-hydrogen) atoms. The Morgan fingerprint density at radius 1 is 1.29 bits per heavy atom. The van der Waals surface area contributed by atoms with Gasteiger partial charge in [-0.1, -0.05) is 31.9 Å². The smallest absolute Gasteiger partial charge is 0.224 e. The fourth-order valence-electron chi connectivity index (χ4n) is 1.77. The van der Waals surface area contributed by atoms with Crippen molar-refractivity contribution in [2.75, 3.05) is 17.2 Å². The number of nitrogens with one attached hydrogen (secondary N) is 3. The number of carbonyl (C=O) groups is 1. The Bertz CT molecular complexity index is 488. The second kappa shape index (κ2) is 9.94. The zero-order valence-corrected chi connectivity index (χ0v) is 13.3. The van der Waals surface area contributed by atoms with E-state index in [4.69, 9.17) is 12.2 Å². The summed E-state index contributed by atoms with van der Waals surface area (Å²) in [7, 11) is 0. The molecular formula is C16H23N3OS. The fourth-order valence-corrected chi connectivity index (χ4v) is 1.98. The summed E-state index contributed by atoms with van der Waals surface area (Å²) < 4.78 is 0. The molecule has 0 unspecified atom stereocenters. The molecule has 5 heteroatoms. The Labute approximate surface area is 132 Å². The Kier molecular flexibility index (Phi) is 8.12. The minimum atomic E-state index is 0.0490. The zero-order valence-electron chi connectivity index (χ0n) is 12.4. The molecule has 0 atom stereocenters. The van der Waals surface area contributed by atoms with Gasteiger partial charge < -0.3 is 16.0 Å². The minimum absolute atomic E-state index is 0.0490. The molecule has 0 bridgehead atoms. The number of thiocarbonyl (C=S) groups is 1. The van der Waals surface area contributed by atoms with E-state index in [0.717, 1.165) is 30.6 Å². The number of unbranched alkanes of at least 4 members (excludes halogenated alkanes) is 2. The molecule has 0 saturated heterocycles. The van der Waals surface area contributed by atoms with Gasteiger partial charge in [0.2, 0.25) is 5.91 Å². The monoisotopic (exact) mass is 305 g/mol. The van der Waals surface area contributed by atoms with Crippen LogP contribution in [0.1, 0.15) is 32.6 Å². The van der Waals surface area contributed by atoms with Gasteiger partial charge in [-0.2, -0.15) is 0 Å². The van der Waals surface area contributed by atoms with Gasteiger partial charge in [-0.3, -0.25) is 4.79 Å². The van der Waals surface area contributed by atoms with Crippen LogP contribution in [0, 0.1) is 0 Å². The van der Waals surface area contributed by atoms with Gasteiger partial charge in [-0.15, -0.1) is 6.58 Å². The molecule has 0 aliphatic carbocycles. The third kappa shape index (κ3) is 7.46. The number of anilines is 2. The molecule has 1 amide bonds. The standard InChI is InChI=1S/C16H23N3OS/c1-3-5-6-10-15(20)18-13-8-7-9-14(12-13)19-16(21)17-11-4-2/h4,7-9,12H,2-3,5-6,10-11H2,1H3,(H,18,20)(H2,17,19,21). The zero-order chi connectivity index (χ0) is 15.5. The van der Waals surface area contributed by atoms with Crippen molar-refractivity contribution in [3.05, 3.63) is 36.9 Å². The third-order valence-electron chi connectivity index (χ3n) is 2.82. The van der Waals surface area contributed by atoms with Crippen molar-refractivity contribution in [1.82, 2.24) is 5.32 Å². The second-order valence-corrected chi connectivity index (χ2v) is 5.12. The molecule has 4 nitrogen and oxygen atoms in total. The summed E-state index contributed by atoms with van der Waals surface area (Å²) >= 11 is 5.15. The number of rotatable bonds is 8. The van der Waals surface area contributed by atoms with Gasteiger partial charge in [0.1, 0.15) is 0 Å². The van der Waals surface area contributed by atoms with Gasteiger partial charge in [0.15, 0.2) is 5.11 Å². The minimum Gasteiger partial charge on any atom is -0.359 e. The number of carbonyl (C=O) groups excluding carboxylic acids is 1. The quantitative estimate of drug-likeness (QED) is 0.389. The molecular weight excluding hydrogens is 282 g/mol. The number of hydrogen-bond donors (Lipinski definition) is 3. The molecule has 0 aliphatic rings. The number of hydrogen-bond acceptors (Lipinski definition) is 2. The first-order valence-corrected chi connectivity index (χ1v) is 7.62. The van der Waals surface area contributed by atoms with Crippen molar-refractivity contribution in [2.45, 2.75) is 32.6 Å². The number of amides is 1. The summed E-state index contributed by atoms with van der Waals surface area (Å²) in [6.07, 6.45) is 5.42. The normalized spacial score (nSPS) is 9.76. The van der Waals surface area contributed by atoms with Crippen molar-refractivity contribution >= 4 is 34.6 Å². The van der Waals surface area contributed by atoms with E-state index < -0.39 is 0 Å². The van der Waals surface area contributed by atoms with Crippen LogP contribution in [0.4, 0.5) is 11.4 Å². The van der Waals surface area contributed by atoms with Crippen LogP contribution in [0.2, 0.25) is 0 Å². The van der Waals surface area contributed by atoms with Crippen LogP contribution in [0.25, 0.3) is 0 Å². The first-order valence-electron chi connectivity index (χ1n) is 7.21. The lowest BCUT2D eigenvalue weighted by Crippen LogP contribution is -2.28. The van der Waals surface area contributed by atoms with Gasteiger partial charge in [-0.25, -0.2) is 0 Å².